The number of hydrogen-bond acceptors (Lipinski definition) is 3. The zero-order valence-corrected chi connectivity index (χ0v) is 17.4. The van der Waals surface area contributed by atoms with Gasteiger partial charge in [-0.1, -0.05) is 46.8 Å². The van der Waals surface area contributed by atoms with E-state index in [1.807, 2.05) is 18.6 Å². The molecule has 0 aliphatic heterocycles. The maximum Gasteiger partial charge on any atom is 0.128 e. The van der Waals surface area contributed by atoms with Gasteiger partial charge in [-0.05, 0) is 48.3 Å². The second-order valence-corrected chi connectivity index (χ2v) is 9.54. The zero-order chi connectivity index (χ0) is 19.5. The molecule has 2 aromatic heterocycles. The summed E-state index contributed by atoms with van der Waals surface area (Å²) in [6, 6.07) is 10.4. The molecule has 4 nitrogen and oxygen atoms in total. The van der Waals surface area contributed by atoms with Gasteiger partial charge in [-0.3, -0.25) is 0 Å². The van der Waals surface area contributed by atoms with Crippen LogP contribution in [0.5, 0.6) is 0 Å². The SMILES string of the molecule is CC(C)(C)CCc1nccc(CC(C)(C)CCn2cnc3ccccc32)n1. The van der Waals surface area contributed by atoms with Crippen LogP contribution in [0.3, 0.4) is 0 Å². The molecule has 1 aromatic carbocycles. The fourth-order valence-corrected chi connectivity index (χ4v) is 3.34. The third-order valence-corrected chi connectivity index (χ3v) is 5.08. The smallest absolute Gasteiger partial charge is 0.128 e. The summed E-state index contributed by atoms with van der Waals surface area (Å²) in [6.45, 7) is 12.4. The van der Waals surface area contributed by atoms with Crippen molar-refractivity contribution < 1.29 is 0 Å². The molecule has 0 saturated heterocycles. The third kappa shape index (κ3) is 5.62. The number of nitrogens with zero attached hydrogens (tertiary/aromatic N) is 4. The number of fused-ring (bicyclic) bond motifs is 1. The summed E-state index contributed by atoms with van der Waals surface area (Å²) >= 11 is 0. The second-order valence-electron chi connectivity index (χ2n) is 9.54. The lowest BCUT2D eigenvalue weighted by molar-refractivity contribution is 0.309. The van der Waals surface area contributed by atoms with Crippen molar-refractivity contribution in [2.24, 2.45) is 10.8 Å². The van der Waals surface area contributed by atoms with E-state index in [9.17, 15) is 0 Å². The molecule has 0 fully saturated rings. The van der Waals surface area contributed by atoms with Gasteiger partial charge in [0.25, 0.3) is 0 Å². The molecule has 0 amide bonds. The van der Waals surface area contributed by atoms with Gasteiger partial charge in [-0.25, -0.2) is 15.0 Å². The summed E-state index contributed by atoms with van der Waals surface area (Å²) in [5.41, 5.74) is 3.90. The third-order valence-electron chi connectivity index (χ3n) is 5.08. The quantitative estimate of drug-likeness (QED) is 0.559. The fourth-order valence-electron chi connectivity index (χ4n) is 3.34. The van der Waals surface area contributed by atoms with Crippen LogP contribution < -0.4 is 0 Å². The Morgan fingerprint density at radius 1 is 0.926 bits per heavy atom. The van der Waals surface area contributed by atoms with Gasteiger partial charge in [0.2, 0.25) is 0 Å². The maximum absolute atomic E-state index is 4.83. The molecule has 3 rings (SSSR count). The molecule has 0 spiro atoms. The van der Waals surface area contributed by atoms with Crippen LogP contribution in [-0.2, 0) is 19.4 Å². The van der Waals surface area contributed by atoms with Crippen LogP contribution in [0.4, 0.5) is 0 Å². The lowest BCUT2D eigenvalue weighted by Crippen LogP contribution is -2.19. The van der Waals surface area contributed by atoms with E-state index in [1.165, 1.54) is 5.52 Å². The van der Waals surface area contributed by atoms with E-state index in [2.05, 4.69) is 73.4 Å². The van der Waals surface area contributed by atoms with Gasteiger partial charge < -0.3 is 4.57 Å². The summed E-state index contributed by atoms with van der Waals surface area (Å²) in [7, 11) is 0. The van der Waals surface area contributed by atoms with Crippen molar-refractivity contribution in [3.05, 3.63) is 54.4 Å². The van der Waals surface area contributed by atoms with Gasteiger partial charge >= 0.3 is 0 Å². The average molecular weight is 365 g/mol. The highest BCUT2D eigenvalue weighted by Gasteiger charge is 2.20. The molecule has 0 aliphatic carbocycles. The normalized spacial score (nSPS) is 12.6. The van der Waals surface area contributed by atoms with Crippen molar-refractivity contribution in [1.29, 1.82) is 0 Å². The Balaban J connectivity index is 1.62. The predicted molar refractivity (Wildman–Crippen MR) is 112 cm³/mol. The van der Waals surface area contributed by atoms with E-state index in [4.69, 9.17) is 4.98 Å². The Kier molecular flexibility index (Phi) is 5.64. The predicted octanol–water partition coefficient (Wildman–Crippen LogP) is 5.46. The molecule has 4 heteroatoms. The minimum Gasteiger partial charge on any atom is -0.331 e. The molecule has 0 atom stereocenters. The molecule has 0 N–H and O–H groups in total. The van der Waals surface area contributed by atoms with Crippen LogP contribution >= 0.6 is 0 Å². The van der Waals surface area contributed by atoms with Crippen molar-refractivity contribution in [1.82, 2.24) is 19.5 Å². The number of benzene rings is 1. The van der Waals surface area contributed by atoms with Crippen LogP contribution in [0.2, 0.25) is 0 Å². The van der Waals surface area contributed by atoms with Crippen molar-refractivity contribution in [2.45, 2.75) is 66.8 Å². The van der Waals surface area contributed by atoms with E-state index in [1.54, 1.807) is 0 Å². The zero-order valence-electron chi connectivity index (χ0n) is 17.4. The molecule has 0 bridgehead atoms. The molecule has 3 aromatic rings. The van der Waals surface area contributed by atoms with Crippen LogP contribution in [-0.4, -0.2) is 19.5 Å². The Labute approximate surface area is 163 Å². The molecule has 27 heavy (non-hydrogen) atoms. The Morgan fingerprint density at radius 2 is 1.70 bits per heavy atom. The Morgan fingerprint density at radius 3 is 2.48 bits per heavy atom. The molecule has 0 radical (unpaired) electrons. The largest absolute Gasteiger partial charge is 0.331 e. The van der Waals surface area contributed by atoms with Crippen LogP contribution in [0.25, 0.3) is 11.0 Å². The molecule has 144 valence electrons. The first-order valence-corrected chi connectivity index (χ1v) is 9.93. The molecular formula is C23H32N4. The van der Waals surface area contributed by atoms with Gasteiger partial charge in [0.05, 0.1) is 17.4 Å². The van der Waals surface area contributed by atoms with E-state index < -0.39 is 0 Å². The van der Waals surface area contributed by atoms with Crippen LogP contribution in [0, 0.1) is 10.8 Å². The Bertz CT molecular complexity index is 887. The Hall–Kier alpha value is -2.23. The molecular weight excluding hydrogens is 332 g/mol. The lowest BCUT2D eigenvalue weighted by Gasteiger charge is -2.25. The topological polar surface area (TPSA) is 43.6 Å². The van der Waals surface area contributed by atoms with Crippen LogP contribution in [0.1, 0.15) is 59.0 Å². The highest BCUT2D eigenvalue weighted by atomic mass is 15.0. The highest BCUT2D eigenvalue weighted by Crippen LogP contribution is 2.27. The average Bonchev–Trinajstić information content (AvgIpc) is 3.01. The number of rotatable bonds is 7. The van der Waals surface area contributed by atoms with Gasteiger partial charge in [0.15, 0.2) is 0 Å². The number of aromatic nitrogens is 4. The minimum absolute atomic E-state index is 0.168. The minimum atomic E-state index is 0.168. The monoisotopic (exact) mass is 364 g/mol. The fraction of sp³-hybridized carbons (Fsp3) is 0.522. The number of aryl methyl sites for hydroxylation is 2. The molecule has 0 saturated carbocycles. The van der Waals surface area contributed by atoms with Crippen molar-refractivity contribution in [3.8, 4) is 0 Å². The maximum atomic E-state index is 4.83. The van der Waals surface area contributed by atoms with E-state index in [-0.39, 0.29) is 5.41 Å². The molecule has 2 heterocycles. The van der Waals surface area contributed by atoms with Crippen molar-refractivity contribution in [3.63, 3.8) is 0 Å². The van der Waals surface area contributed by atoms with Crippen molar-refractivity contribution in [2.75, 3.05) is 0 Å². The van der Waals surface area contributed by atoms with Gasteiger partial charge in [0.1, 0.15) is 5.82 Å². The van der Waals surface area contributed by atoms with Gasteiger partial charge in [0, 0.05) is 24.9 Å². The lowest BCUT2D eigenvalue weighted by atomic mass is 9.84. The highest BCUT2D eigenvalue weighted by molar-refractivity contribution is 5.74. The van der Waals surface area contributed by atoms with E-state index >= 15 is 0 Å². The van der Waals surface area contributed by atoms with Crippen LogP contribution in [0.15, 0.2) is 42.9 Å². The summed E-state index contributed by atoms with van der Waals surface area (Å²) in [5, 5.41) is 0. The first-order chi connectivity index (χ1) is 12.7. The summed E-state index contributed by atoms with van der Waals surface area (Å²) < 4.78 is 2.26. The molecule has 0 unspecified atom stereocenters. The van der Waals surface area contributed by atoms with E-state index in [0.29, 0.717) is 5.41 Å². The first kappa shape index (κ1) is 19.5. The molecule has 0 aliphatic rings. The number of para-hydroxylation sites is 2. The van der Waals surface area contributed by atoms with Gasteiger partial charge in [-0.15, -0.1) is 0 Å². The number of hydrogen-bond donors (Lipinski definition) is 0. The summed E-state index contributed by atoms with van der Waals surface area (Å²) in [6.07, 6.45) is 7.96. The second kappa shape index (κ2) is 7.79. The van der Waals surface area contributed by atoms with E-state index in [0.717, 1.165) is 49.3 Å². The van der Waals surface area contributed by atoms with Crippen molar-refractivity contribution >= 4 is 11.0 Å². The standard InChI is InChI=1S/C23H32N4/c1-22(2,3)12-10-21-24-14-11-18(26-21)16-23(4,5)13-15-27-17-25-19-8-6-7-9-20(19)27/h6-9,11,14,17H,10,12-13,15-16H2,1-5H3. The summed E-state index contributed by atoms with van der Waals surface area (Å²) in [5.74, 6) is 0.971. The van der Waals surface area contributed by atoms with Gasteiger partial charge in [-0.2, -0.15) is 0 Å². The number of imidazole rings is 1. The summed E-state index contributed by atoms with van der Waals surface area (Å²) in [4.78, 5) is 13.8. The first-order valence-electron chi connectivity index (χ1n) is 9.93.